The van der Waals surface area contributed by atoms with E-state index in [1.54, 1.807) is 0 Å². The first-order chi connectivity index (χ1) is 8.14. The first-order valence-electron chi connectivity index (χ1n) is 4.30. The van der Waals surface area contributed by atoms with Gasteiger partial charge in [0.2, 0.25) is 0 Å². The molecule has 1 aromatic rings. The van der Waals surface area contributed by atoms with Crippen molar-refractivity contribution in [2.45, 2.75) is 11.3 Å². The number of hydrogen-bond donors (Lipinski definition) is 1. The predicted octanol–water partition coefficient (Wildman–Crippen LogP) is 1.21. The van der Waals surface area contributed by atoms with E-state index in [1.807, 2.05) is 0 Å². The number of rotatable bonds is 3. The molecule has 2 N–H and O–H groups in total. The van der Waals surface area contributed by atoms with Crippen molar-refractivity contribution in [2.24, 2.45) is 5.73 Å². The average Bonchev–Trinajstić information content (AvgIpc) is 2.25. The van der Waals surface area contributed by atoms with E-state index in [9.17, 15) is 26.4 Å². The van der Waals surface area contributed by atoms with E-state index < -0.39 is 31.8 Å². The van der Waals surface area contributed by atoms with Crippen LogP contribution >= 0.6 is 0 Å². The summed E-state index contributed by atoms with van der Waals surface area (Å²) in [6, 6.07) is 4.05. The van der Waals surface area contributed by atoms with Crippen molar-refractivity contribution in [3.05, 3.63) is 30.3 Å². The third-order valence-electron chi connectivity index (χ3n) is 1.63. The second-order valence-electron chi connectivity index (χ2n) is 2.92. The van der Waals surface area contributed by atoms with Crippen LogP contribution in [-0.4, -0.2) is 25.3 Å². The van der Waals surface area contributed by atoms with Crippen LogP contribution in [0.3, 0.4) is 0 Å². The van der Waals surface area contributed by atoms with Gasteiger partial charge in [-0.3, -0.25) is 0 Å². The highest BCUT2D eigenvalue weighted by molar-refractivity contribution is 7.89. The fourth-order valence-corrected chi connectivity index (χ4v) is 2.11. The molecular weight excluding hydrogens is 277 g/mol. The number of hydrogen-bond acceptors (Lipinski definition) is 4. The Balaban J connectivity index is 3.18. The van der Waals surface area contributed by atoms with E-state index in [-0.39, 0.29) is 0 Å². The summed E-state index contributed by atoms with van der Waals surface area (Å²) in [4.78, 5) is 13.3. The molecule has 0 fully saturated rings. The maximum absolute atomic E-state index is 12.0. The van der Waals surface area contributed by atoms with Crippen molar-refractivity contribution in [1.82, 2.24) is 4.47 Å². The van der Waals surface area contributed by atoms with E-state index in [4.69, 9.17) is 0 Å². The highest BCUT2D eigenvalue weighted by Crippen LogP contribution is 2.23. The number of carbonyl (C=O) groups excluding carboxylic acids is 1. The summed E-state index contributed by atoms with van der Waals surface area (Å²) in [5, 5.41) is 0. The predicted molar refractivity (Wildman–Crippen MR) is 52.2 cm³/mol. The van der Waals surface area contributed by atoms with Crippen molar-refractivity contribution in [3.8, 4) is 0 Å². The van der Waals surface area contributed by atoms with E-state index in [0.717, 1.165) is 12.1 Å². The lowest BCUT2D eigenvalue weighted by atomic mass is 10.4. The van der Waals surface area contributed by atoms with Crippen LogP contribution in [0.15, 0.2) is 35.2 Å². The summed E-state index contributed by atoms with van der Waals surface area (Å²) < 4.78 is 58.3. The Morgan fingerprint density at radius 3 is 2.11 bits per heavy atom. The van der Waals surface area contributed by atoms with Gasteiger partial charge in [-0.25, -0.2) is 4.79 Å². The van der Waals surface area contributed by atoms with Crippen molar-refractivity contribution < 1.29 is 31.2 Å². The molecule has 6 nitrogen and oxygen atoms in total. The summed E-state index contributed by atoms with van der Waals surface area (Å²) in [5.41, 5.74) is 4.55. The monoisotopic (exact) mass is 284 g/mol. The average molecular weight is 284 g/mol. The van der Waals surface area contributed by atoms with E-state index in [2.05, 4.69) is 10.6 Å². The molecular formula is C8H7F3N2O4S. The summed E-state index contributed by atoms with van der Waals surface area (Å²) >= 11 is 0. The quantitative estimate of drug-likeness (QED) is 0.845. The number of nitrogens with zero attached hydrogens (tertiary/aromatic N) is 1. The first kappa shape index (κ1) is 14.3. The molecule has 0 aliphatic carbocycles. The van der Waals surface area contributed by atoms with Gasteiger partial charge in [0.25, 0.3) is 10.0 Å². The van der Waals surface area contributed by atoms with Gasteiger partial charge in [-0.1, -0.05) is 22.7 Å². The van der Waals surface area contributed by atoms with Crippen LogP contribution in [0.2, 0.25) is 0 Å². The SMILES string of the molecule is NC(=O)N(OC(F)(F)F)S(=O)(=O)c1ccccc1. The molecule has 18 heavy (non-hydrogen) atoms. The molecule has 10 heteroatoms. The third-order valence-corrected chi connectivity index (χ3v) is 3.18. The zero-order chi connectivity index (χ0) is 14.0. The summed E-state index contributed by atoms with van der Waals surface area (Å²) in [6.45, 7) is 0. The van der Waals surface area contributed by atoms with Crippen LogP contribution in [0.4, 0.5) is 18.0 Å². The number of benzene rings is 1. The summed E-state index contributed by atoms with van der Waals surface area (Å²) in [6.07, 6.45) is -5.36. The second kappa shape index (κ2) is 4.82. The number of carbonyl (C=O) groups is 1. The molecule has 1 rings (SSSR count). The molecule has 0 aromatic heterocycles. The Labute approximate surface area is 99.7 Å². The number of nitrogens with two attached hydrogens (primary N) is 1. The Kier molecular flexibility index (Phi) is 3.82. The molecule has 0 aliphatic rings. The van der Waals surface area contributed by atoms with Gasteiger partial charge in [0, 0.05) is 0 Å². The minimum Gasteiger partial charge on any atom is -0.349 e. The Morgan fingerprint density at radius 2 is 1.72 bits per heavy atom. The standard InChI is InChI=1S/C8H7F3N2O4S/c9-8(10,11)17-13(7(12)14)18(15,16)6-4-2-1-3-5-6/h1-5H,(H2,12,14). The van der Waals surface area contributed by atoms with Crippen molar-refractivity contribution in [2.75, 3.05) is 0 Å². The van der Waals surface area contributed by atoms with E-state index >= 15 is 0 Å². The molecule has 2 amide bonds. The number of halogens is 3. The highest BCUT2D eigenvalue weighted by Gasteiger charge is 2.41. The molecule has 0 saturated carbocycles. The second-order valence-corrected chi connectivity index (χ2v) is 4.67. The van der Waals surface area contributed by atoms with Gasteiger partial charge in [-0.05, 0) is 12.1 Å². The molecule has 0 spiro atoms. The highest BCUT2D eigenvalue weighted by atomic mass is 32.2. The van der Waals surface area contributed by atoms with Crippen LogP contribution in [0, 0.1) is 0 Å². The molecule has 1 aromatic carbocycles. The first-order valence-corrected chi connectivity index (χ1v) is 5.74. The zero-order valence-corrected chi connectivity index (χ0v) is 9.40. The van der Waals surface area contributed by atoms with Crippen LogP contribution < -0.4 is 5.73 Å². The Morgan fingerprint density at radius 1 is 1.22 bits per heavy atom. The number of amides is 2. The molecule has 0 saturated heterocycles. The number of hydroxylamine groups is 1. The Bertz CT molecular complexity index is 529. The lowest BCUT2D eigenvalue weighted by Crippen LogP contribution is -2.44. The van der Waals surface area contributed by atoms with Crippen molar-refractivity contribution >= 4 is 16.1 Å². The lowest BCUT2D eigenvalue weighted by molar-refractivity contribution is -0.376. The van der Waals surface area contributed by atoms with Crippen LogP contribution in [-0.2, 0) is 14.9 Å². The minimum atomic E-state index is -5.36. The van der Waals surface area contributed by atoms with Gasteiger partial charge in [-0.2, -0.15) is 13.3 Å². The molecule has 0 aliphatic heterocycles. The van der Waals surface area contributed by atoms with Gasteiger partial charge in [0.15, 0.2) is 0 Å². The van der Waals surface area contributed by atoms with Gasteiger partial charge in [0.05, 0.1) is 4.90 Å². The third kappa shape index (κ3) is 3.34. The number of primary amides is 1. The largest absolute Gasteiger partial charge is 0.545 e. The topological polar surface area (TPSA) is 89.7 Å². The maximum atomic E-state index is 12.0. The van der Waals surface area contributed by atoms with Crippen LogP contribution in [0.25, 0.3) is 0 Å². The Hall–Kier alpha value is -1.81. The molecule has 100 valence electrons. The number of alkyl halides is 3. The van der Waals surface area contributed by atoms with Gasteiger partial charge >= 0.3 is 12.4 Å². The number of urea groups is 1. The molecule has 0 atom stereocenters. The van der Waals surface area contributed by atoms with Crippen LogP contribution in [0.1, 0.15) is 0 Å². The van der Waals surface area contributed by atoms with Gasteiger partial charge in [-0.15, -0.1) is 13.2 Å². The van der Waals surface area contributed by atoms with Crippen molar-refractivity contribution in [3.63, 3.8) is 0 Å². The summed E-state index contributed by atoms with van der Waals surface area (Å²) in [7, 11) is -4.82. The molecule has 0 bridgehead atoms. The normalized spacial score (nSPS) is 12.2. The maximum Gasteiger partial charge on any atom is 0.545 e. The molecule has 0 unspecified atom stereocenters. The molecule has 0 radical (unpaired) electrons. The minimum absolute atomic E-state index is 0.562. The molecule has 0 heterocycles. The van der Waals surface area contributed by atoms with Crippen molar-refractivity contribution in [1.29, 1.82) is 0 Å². The zero-order valence-electron chi connectivity index (χ0n) is 8.59. The van der Waals surface area contributed by atoms with Gasteiger partial charge < -0.3 is 5.73 Å². The fourth-order valence-electron chi connectivity index (χ4n) is 0.995. The summed E-state index contributed by atoms with van der Waals surface area (Å²) in [5.74, 6) is 0. The van der Waals surface area contributed by atoms with Crippen LogP contribution in [0.5, 0.6) is 0 Å². The van der Waals surface area contributed by atoms with Gasteiger partial charge in [0.1, 0.15) is 0 Å². The number of sulfonamides is 1. The fraction of sp³-hybridized carbons (Fsp3) is 0.125. The smallest absolute Gasteiger partial charge is 0.349 e. The lowest BCUT2D eigenvalue weighted by Gasteiger charge is -2.19. The van der Waals surface area contributed by atoms with E-state index in [1.165, 1.54) is 18.2 Å². The van der Waals surface area contributed by atoms with E-state index in [0.29, 0.717) is 0 Å².